The van der Waals surface area contributed by atoms with E-state index in [4.69, 9.17) is 5.11 Å². The maximum atomic E-state index is 12.2. The quantitative estimate of drug-likeness (QED) is 0.776. The first-order chi connectivity index (χ1) is 9.51. The van der Waals surface area contributed by atoms with Crippen molar-refractivity contribution in [2.24, 2.45) is 5.41 Å². The first-order valence-corrected chi connectivity index (χ1v) is 6.82. The fraction of sp³-hybridized carbons (Fsp3) is 0.467. The Kier molecular flexibility index (Phi) is 4.39. The van der Waals surface area contributed by atoms with Gasteiger partial charge in [0.25, 0.3) is 0 Å². The topological polar surface area (TPSA) is 78.4 Å². The van der Waals surface area contributed by atoms with Crippen molar-refractivity contribution in [1.29, 1.82) is 0 Å². The highest BCUT2D eigenvalue weighted by molar-refractivity contribution is 5.87. The minimum atomic E-state index is -0.943. The van der Waals surface area contributed by atoms with Crippen LogP contribution >= 0.6 is 0 Å². The molecule has 1 heterocycles. The van der Waals surface area contributed by atoms with Gasteiger partial charge >= 0.3 is 5.97 Å². The van der Waals surface area contributed by atoms with Gasteiger partial charge in [-0.2, -0.15) is 0 Å². The number of piperidine rings is 1. The van der Waals surface area contributed by atoms with Gasteiger partial charge in [0.1, 0.15) is 0 Å². The summed E-state index contributed by atoms with van der Waals surface area (Å²) in [5.74, 6) is -0.895. The van der Waals surface area contributed by atoms with Gasteiger partial charge in [0.2, 0.25) is 5.91 Å². The lowest BCUT2D eigenvalue weighted by Crippen LogP contribution is -2.48. The Morgan fingerprint density at radius 1 is 1.35 bits per heavy atom. The molecule has 0 radical (unpaired) electrons. The third-order valence-electron chi connectivity index (χ3n) is 3.80. The van der Waals surface area contributed by atoms with Crippen molar-refractivity contribution in [3.05, 3.63) is 35.4 Å². The zero-order valence-electron chi connectivity index (χ0n) is 11.6. The molecule has 0 spiro atoms. The van der Waals surface area contributed by atoms with E-state index >= 15 is 0 Å². The lowest BCUT2D eigenvalue weighted by Gasteiger charge is -2.32. The van der Waals surface area contributed by atoms with Crippen LogP contribution in [0.2, 0.25) is 0 Å². The molecule has 0 saturated carbocycles. The molecule has 5 nitrogen and oxygen atoms in total. The Morgan fingerprint density at radius 2 is 2.05 bits per heavy atom. The number of benzene rings is 1. The van der Waals surface area contributed by atoms with E-state index in [0.717, 1.165) is 24.9 Å². The van der Waals surface area contributed by atoms with Crippen LogP contribution in [0.15, 0.2) is 24.3 Å². The molecule has 108 valence electrons. The summed E-state index contributed by atoms with van der Waals surface area (Å²) in [6.45, 7) is 4.08. The highest BCUT2D eigenvalue weighted by Crippen LogP contribution is 2.25. The zero-order chi connectivity index (χ0) is 14.6. The van der Waals surface area contributed by atoms with Gasteiger partial charge in [0.05, 0.1) is 11.0 Å². The molecule has 1 saturated heterocycles. The van der Waals surface area contributed by atoms with Crippen molar-refractivity contribution in [1.82, 2.24) is 10.6 Å². The third kappa shape index (κ3) is 3.36. The molecular formula is C15H20N2O3. The molecule has 1 unspecified atom stereocenters. The van der Waals surface area contributed by atoms with Crippen LogP contribution in [0.4, 0.5) is 0 Å². The summed E-state index contributed by atoms with van der Waals surface area (Å²) >= 11 is 0. The number of carbonyl (C=O) groups is 2. The Labute approximate surface area is 118 Å². The number of carbonyl (C=O) groups excluding carboxylic acids is 1. The Bertz CT molecular complexity index is 490. The van der Waals surface area contributed by atoms with Crippen LogP contribution in [0.5, 0.6) is 0 Å². The van der Waals surface area contributed by atoms with Gasteiger partial charge in [-0.25, -0.2) is 4.79 Å². The van der Waals surface area contributed by atoms with Crippen LogP contribution in [-0.4, -0.2) is 30.1 Å². The Hall–Kier alpha value is -1.88. The normalized spacial score (nSPS) is 22.2. The van der Waals surface area contributed by atoms with Gasteiger partial charge in [-0.05, 0) is 44.0 Å². The van der Waals surface area contributed by atoms with Gasteiger partial charge in [-0.3, -0.25) is 4.79 Å². The number of nitrogens with one attached hydrogen (secondary N) is 2. The molecule has 5 heteroatoms. The van der Waals surface area contributed by atoms with Crippen LogP contribution in [0, 0.1) is 5.41 Å². The SMILES string of the molecule is CC1(C(=O)NCc2ccc(C(=O)O)cc2)CCCNC1. The van der Waals surface area contributed by atoms with E-state index in [2.05, 4.69) is 10.6 Å². The van der Waals surface area contributed by atoms with Gasteiger partial charge in [0.15, 0.2) is 0 Å². The number of carboxylic acid groups (broad SMARTS) is 1. The maximum absolute atomic E-state index is 12.2. The summed E-state index contributed by atoms with van der Waals surface area (Å²) in [6.07, 6.45) is 1.90. The molecule has 1 atom stereocenters. The smallest absolute Gasteiger partial charge is 0.335 e. The standard InChI is InChI=1S/C15H20N2O3/c1-15(7-2-8-16-10-15)14(20)17-9-11-3-5-12(6-4-11)13(18)19/h3-6,16H,2,7-10H2,1H3,(H,17,20)(H,18,19). The van der Waals surface area contributed by atoms with E-state index < -0.39 is 5.97 Å². The molecular weight excluding hydrogens is 256 g/mol. The average Bonchev–Trinajstić information content (AvgIpc) is 2.46. The number of hydrogen-bond acceptors (Lipinski definition) is 3. The van der Waals surface area contributed by atoms with E-state index in [1.807, 2.05) is 6.92 Å². The zero-order valence-corrected chi connectivity index (χ0v) is 11.6. The first-order valence-electron chi connectivity index (χ1n) is 6.82. The fourth-order valence-electron chi connectivity index (χ4n) is 2.41. The molecule has 1 amide bonds. The average molecular weight is 276 g/mol. The molecule has 1 fully saturated rings. The Morgan fingerprint density at radius 3 is 2.60 bits per heavy atom. The lowest BCUT2D eigenvalue weighted by molar-refractivity contribution is -0.131. The lowest BCUT2D eigenvalue weighted by atomic mass is 9.82. The summed E-state index contributed by atoms with van der Waals surface area (Å²) < 4.78 is 0. The Balaban J connectivity index is 1.91. The highest BCUT2D eigenvalue weighted by atomic mass is 16.4. The summed E-state index contributed by atoms with van der Waals surface area (Å²) in [5, 5.41) is 15.0. The first kappa shape index (κ1) is 14.5. The number of aromatic carboxylic acids is 1. The van der Waals surface area contributed by atoms with E-state index in [0.29, 0.717) is 13.1 Å². The van der Waals surface area contributed by atoms with Gasteiger partial charge in [-0.15, -0.1) is 0 Å². The van der Waals surface area contributed by atoms with Crippen molar-refractivity contribution in [3.63, 3.8) is 0 Å². The van der Waals surface area contributed by atoms with Gasteiger partial charge in [0, 0.05) is 13.1 Å². The minimum absolute atomic E-state index is 0.0482. The molecule has 20 heavy (non-hydrogen) atoms. The molecule has 2 rings (SSSR count). The molecule has 3 N–H and O–H groups in total. The molecule has 0 aliphatic carbocycles. The van der Waals surface area contributed by atoms with Crippen molar-refractivity contribution in [2.45, 2.75) is 26.3 Å². The minimum Gasteiger partial charge on any atom is -0.478 e. The molecule has 1 aliphatic rings. The summed E-state index contributed by atoms with van der Waals surface area (Å²) in [7, 11) is 0. The van der Waals surface area contributed by atoms with Crippen LogP contribution in [0.25, 0.3) is 0 Å². The molecule has 0 aromatic heterocycles. The number of amides is 1. The van der Waals surface area contributed by atoms with Crippen LogP contribution < -0.4 is 10.6 Å². The van der Waals surface area contributed by atoms with Gasteiger partial charge < -0.3 is 15.7 Å². The fourth-order valence-corrected chi connectivity index (χ4v) is 2.41. The monoisotopic (exact) mass is 276 g/mol. The molecule has 1 aliphatic heterocycles. The van der Waals surface area contributed by atoms with Crippen LogP contribution in [-0.2, 0) is 11.3 Å². The molecule has 0 bridgehead atoms. The second kappa shape index (κ2) is 6.05. The van der Waals surface area contributed by atoms with Crippen molar-refractivity contribution >= 4 is 11.9 Å². The third-order valence-corrected chi connectivity index (χ3v) is 3.80. The van der Waals surface area contributed by atoms with E-state index in [1.54, 1.807) is 24.3 Å². The molecule has 1 aromatic carbocycles. The predicted molar refractivity (Wildman–Crippen MR) is 75.5 cm³/mol. The number of rotatable bonds is 4. The molecule has 1 aromatic rings. The largest absolute Gasteiger partial charge is 0.478 e. The second-order valence-electron chi connectivity index (χ2n) is 5.53. The van der Waals surface area contributed by atoms with Crippen molar-refractivity contribution in [2.75, 3.05) is 13.1 Å². The second-order valence-corrected chi connectivity index (χ2v) is 5.53. The van der Waals surface area contributed by atoms with E-state index in [1.165, 1.54) is 0 Å². The summed E-state index contributed by atoms with van der Waals surface area (Å²) in [6, 6.07) is 6.55. The highest BCUT2D eigenvalue weighted by Gasteiger charge is 2.34. The van der Waals surface area contributed by atoms with E-state index in [9.17, 15) is 9.59 Å². The summed E-state index contributed by atoms with van der Waals surface area (Å²) in [4.78, 5) is 23.0. The van der Waals surface area contributed by atoms with Crippen LogP contribution in [0.3, 0.4) is 0 Å². The van der Waals surface area contributed by atoms with Crippen LogP contribution in [0.1, 0.15) is 35.7 Å². The maximum Gasteiger partial charge on any atom is 0.335 e. The number of carboxylic acids is 1. The number of hydrogen-bond donors (Lipinski definition) is 3. The predicted octanol–water partition coefficient (Wildman–Crippen LogP) is 1.39. The van der Waals surface area contributed by atoms with E-state index in [-0.39, 0.29) is 16.9 Å². The van der Waals surface area contributed by atoms with Crippen molar-refractivity contribution < 1.29 is 14.7 Å². The van der Waals surface area contributed by atoms with Gasteiger partial charge in [-0.1, -0.05) is 12.1 Å². The summed E-state index contributed by atoms with van der Waals surface area (Å²) in [5.41, 5.74) is 0.804. The van der Waals surface area contributed by atoms with Crippen molar-refractivity contribution in [3.8, 4) is 0 Å².